The standard InChI is InChI=1S/C13H18N2O4S/c16-8-10-2-1-3-11(6-10)15-13(17)7-12-9-20(18,19)5-4-14-12/h1-3,6,12,14,16H,4-5,7-9H2,(H,15,17). The maximum atomic E-state index is 11.9. The second kappa shape index (κ2) is 6.34. The zero-order valence-corrected chi connectivity index (χ0v) is 11.8. The molecule has 0 spiro atoms. The molecular formula is C13H18N2O4S. The minimum Gasteiger partial charge on any atom is -0.392 e. The Kier molecular flexibility index (Phi) is 4.74. The number of amides is 1. The van der Waals surface area contributed by atoms with Crippen molar-refractivity contribution in [3.05, 3.63) is 29.8 Å². The first-order chi connectivity index (χ1) is 9.48. The third-order valence-electron chi connectivity index (χ3n) is 3.13. The van der Waals surface area contributed by atoms with Crippen molar-refractivity contribution in [3.63, 3.8) is 0 Å². The molecule has 1 aliphatic rings. The fraction of sp³-hybridized carbons (Fsp3) is 0.462. The Hall–Kier alpha value is -1.44. The van der Waals surface area contributed by atoms with Gasteiger partial charge in [0.2, 0.25) is 5.91 Å². The van der Waals surface area contributed by atoms with Gasteiger partial charge in [-0.1, -0.05) is 12.1 Å². The van der Waals surface area contributed by atoms with E-state index in [-0.39, 0.29) is 36.5 Å². The summed E-state index contributed by atoms with van der Waals surface area (Å²) in [5, 5.41) is 14.8. The van der Waals surface area contributed by atoms with E-state index in [9.17, 15) is 13.2 Å². The van der Waals surface area contributed by atoms with Crippen molar-refractivity contribution >= 4 is 21.4 Å². The van der Waals surface area contributed by atoms with Crippen molar-refractivity contribution in [2.75, 3.05) is 23.4 Å². The Labute approximate surface area is 118 Å². The van der Waals surface area contributed by atoms with Crippen LogP contribution in [0.4, 0.5) is 5.69 Å². The molecule has 1 saturated heterocycles. The van der Waals surface area contributed by atoms with Crippen molar-refractivity contribution < 1.29 is 18.3 Å². The molecule has 1 fully saturated rings. The first kappa shape index (κ1) is 15.0. The molecule has 3 N–H and O–H groups in total. The highest BCUT2D eigenvalue weighted by Gasteiger charge is 2.25. The molecule has 2 rings (SSSR count). The predicted octanol–water partition coefficient (Wildman–Crippen LogP) is -0.106. The van der Waals surface area contributed by atoms with E-state index in [1.165, 1.54) is 0 Å². The summed E-state index contributed by atoms with van der Waals surface area (Å²) in [6, 6.07) is 6.57. The SMILES string of the molecule is O=C(CC1CS(=O)(=O)CCN1)Nc1cccc(CO)c1. The molecule has 0 aromatic heterocycles. The number of rotatable bonds is 4. The van der Waals surface area contributed by atoms with Gasteiger partial charge in [-0.25, -0.2) is 8.42 Å². The molecule has 1 aromatic carbocycles. The van der Waals surface area contributed by atoms with Crippen LogP contribution in [-0.2, 0) is 21.2 Å². The normalized spacial score (nSPS) is 21.4. The van der Waals surface area contributed by atoms with E-state index >= 15 is 0 Å². The van der Waals surface area contributed by atoms with Crippen LogP contribution in [0.5, 0.6) is 0 Å². The van der Waals surface area contributed by atoms with Crippen LogP contribution in [0.3, 0.4) is 0 Å². The summed E-state index contributed by atoms with van der Waals surface area (Å²) in [6.45, 7) is 0.298. The third kappa shape index (κ3) is 4.29. The Balaban J connectivity index is 1.92. The molecule has 0 aliphatic carbocycles. The van der Waals surface area contributed by atoms with Crippen molar-refractivity contribution in [3.8, 4) is 0 Å². The fourth-order valence-corrected chi connectivity index (χ4v) is 3.63. The monoisotopic (exact) mass is 298 g/mol. The van der Waals surface area contributed by atoms with Crippen LogP contribution >= 0.6 is 0 Å². The van der Waals surface area contributed by atoms with E-state index in [1.807, 2.05) is 0 Å². The number of sulfone groups is 1. The summed E-state index contributed by atoms with van der Waals surface area (Å²) in [7, 11) is -3.04. The molecule has 1 atom stereocenters. The van der Waals surface area contributed by atoms with Crippen molar-refractivity contribution in [2.24, 2.45) is 0 Å². The highest BCUT2D eigenvalue weighted by molar-refractivity contribution is 7.91. The van der Waals surface area contributed by atoms with E-state index in [4.69, 9.17) is 5.11 Å². The maximum absolute atomic E-state index is 11.9. The topological polar surface area (TPSA) is 95.5 Å². The molecule has 1 aromatic rings. The molecule has 6 nitrogen and oxygen atoms in total. The van der Waals surface area contributed by atoms with Gasteiger partial charge in [0, 0.05) is 24.7 Å². The number of carbonyl (C=O) groups is 1. The molecular weight excluding hydrogens is 280 g/mol. The van der Waals surface area contributed by atoms with Crippen LogP contribution in [-0.4, -0.2) is 43.5 Å². The van der Waals surface area contributed by atoms with Gasteiger partial charge < -0.3 is 15.7 Å². The molecule has 0 bridgehead atoms. The van der Waals surface area contributed by atoms with Crippen molar-refractivity contribution in [1.29, 1.82) is 0 Å². The van der Waals surface area contributed by atoms with E-state index in [0.29, 0.717) is 17.8 Å². The molecule has 110 valence electrons. The molecule has 1 aliphatic heterocycles. The minimum atomic E-state index is -3.04. The summed E-state index contributed by atoms with van der Waals surface area (Å²) in [5.74, 6) is -0.115. The quantitative estimate of drug-likeness (QED) is 0.721. The van der Waals surface area contributed by atoms with Crippen LogP contribution in [0.1, 0.15) is 12.0 Å². The van der Waals surface area contributed by atoms with Gasteiger partial charge in [-0.05, 0) is 17.7 Å². The van der Waals surface area contributed by atoms with Crippen LogP contribution in [0, 0.1) is 0 Å². The number of aliphatic hydroxyl groups is 1. The molecule has 0 radical (unpaired) electrons. The number of nitrogens with one attached hydrogen (secondary N) is 2. The molecule has 1 unspecified atom stereocenters. The summed E-state index contributed by atoms with van der Waals surface area (Å²) < 4.78 is 23.0. The van der Waals surface area contributed by atoms with Crippen LogP contribution in [0.15, 0.2) is 24.3 Å². The average Bonchev–Trinajstić information content (AvgIpc) is 2.37. The van der Waals surface area contributed by atoms with Gasteiger partial charge in [0.1, 0.15) is 0 Å². The first-order valence-electron chi connectivity index (χ1n) is 6.42. The molecule has 1 amide bonds. The zero-order chi connectivity index (χ0) is 14.6. The second-order valence-corrected chi connectivity index (χ2v) is 7.10. The van der Waals surface area contributed by atoms with Crippen LogP contribution in [0.25, 0.3) is 0 Å². The largest absolute Gasteiger partial charge is 0.392 e. The third-order valence-corrected chi connectivity index (χ3v) is 4.86. The summed E-state index contributed by atoms with van der Waals surface area (Å²) in [4.78, 5) is 11.9. The highest BCUT2D eigenvalue weighted by Crippen LogP contribution is 2.12. The van der Waals surface area contributed by atoms with Crippen molar-refractivity contribution in [1.82, 2.24) is 5.32 Å². The van der Waals surface area contributed by atoms with Crippen molar-refractivity contribution in [2.45, 2.75) is 19.1 Å². The van der Waals surface area contributed by atoms with E-state index < -0.39 is 9.84 Å². The van der Waals surface area contributed by atoms with E-state index in [1.54, 1.807) is 24.3 Å². The van der Waals surface area contributed by atoms with Crippen LogP contribution in [0.2, 0.25) is 0 Å². The van der Waals surface area contributed by atoms with Gasteiger partial charge in [0.25, 0.3) is 0 Å². The Morgan fingerprint density at radius 3 is 2.95 bits per heavy atom. The van der Waals surface area contributed by atoms with E-state index in [2.05, 4.69) is 10.6 Å². The fourth-order valence-electron chi connectivity index (χ4n) is 2.18. The molecule has 1 heterocycles. The number of hydrogen-bond acceptors (Lipinski definition) is 5. The van der Waals surface area contributed by atoms with E-state index in [0.717, 1.165) is 0 Å². The molecule has 0 saturated carbocycles. The number of anilines is 1. The second-order valence-electron chi connectivity index (χ2n) is 4.88. The lowest BCUT2D eigenvalue weighted by molar-refractivity contribution is -0.116. The lowest BCUT2D eigenvalue weighted by Crippen LogP contribution is -2.46. The molecule has 20 heavy (non-hydrogen) atoms. The van der Waals surface area contributed by atoms with Gasteiger partial charge in [-0.15, -0.1) is 0 Å². The van der Waals surface area contributed by atoms with Gasteiger partial charge in [0.05, 0.1) is 18.1 Å². The summed E-state index contributed by atoms with van der Waals surface area (Å²) in [6.07, 6.45) is 0.114. The van der Waals surface area contributed by atoms with Crippen LogP contribution < -0.4 is 10.6 Å². The highest BCUT2D eigenvalue weighted by atomic mass is 32.2. The Bertz CT molecular complexity index is 586. The number of hydrogen-bond donors (Lipinski definition) is 3. The Morgan fingerprint density at radius 2 is 2.25 bits per heavy atom. The summed E-state index contributed by atoms with van der Waals surface area (Å²) >= 11 is 0. The van der Waals surface area contributed by atoms with Gasteiger partial charge >= 0.3 is 0 Å². The number of aliphatic hydroxyl groups excluding tert-OH is 1. The predicted molar refractivity (Wildman–Crippen MR) is 76.1 cm³/mol. The van der Waals surface area contributed by atoms with Gasteiger partial charge in [0.15, 0.2) is 9.84 Å². The van der Waals surface area contributed by atoms with Gasteiger partial charge in [-0.2, -0.15) is 0 Å². The minimum absolute atomic E-state index is 0.00288. The smallest absolute Gasteiger partial charge is 0.225 e. The zero-order valence-electron chi connectivity index (χ0n) is 11.0. The number of carbonyl (C=O) groups excluding carboxylic acids is 1. The lowest BCUT2D eigenvalue weighted by atomic mass is 10.2. The number of benzene rings is 1. The molecule has 7 heteroatoms. The average molecular weight is 298 g/mol. The Morgan fingerprint density at radius 1 is 1.45 bits per heavy atom. The lowest BCUT2D eigenvalue weighted by Gasteiger charge is -2.23. The van der Waals surface area contributed by atoms with Gasteiger partial charge in [-0.3, -0.25) is 4.79 Å². The summed E-state index contributed by atoms with van der Waals surface area (Å²) in [5.41, 5.74) is 1.31. The first-order valence-corrected chi connectivity index (χ1v) is 8.24. The maximum Gasteiger partial charge on any atom is 0.225 e.